The van der Waals surface area contributed by atoms with Gasteiger partial charge >= 0.3 is 24.2 Å². The van der Waals surface area contributed by atoms with Crippen molar-refractivity contribution in [2.75, 3.05) is 109 Å². The summed E-state index contributed by atoms with van der Waals surface area (Å²) >= 11 is 0. The second-order valence-corrected chi connectivity index (χ2v) is 18.4. The summed E-state index contributed by atoms with van der Waals surface area (Å²) in [6, 6.07) is 18.7. The van der Waals surface area contributed by atoms with Gasteiger partial charge < -0.3 is 66.3 Å². The number of hydrogen-bond acceptors (Lipinski definition) is 20. The Morgan fingerprint density at radius 3 is 1.14 bits per heavy atom. The lowest BCUT2D eigenvalue weighted by molar-refractivity contribution is -0.157. The third kappa shape index (κ3) is 15.7. The first kappa shape index (κ1) is 59.9. The van der Waals surface area contributed by atoms with Gasteiger partial charge in [0.1, 0.15) is 0 Å². The van der Waals surface area contributed by atoms with E-state index in [4.69, 9.17) is 66.3 Å². The molecule has 0 aliphatic carbocycles. The largest absolute Gasteiger partial charge is 0.509 e. The number of benzene rings is 4. The van der Waals surface area contributed by atoms with Crippen molar-refractivity contribution < 1.29 is 85.5 Å². The van der Waals surface area contributed by atoms with Crippen LogP contribution in [0.1, 0.15) is 85.0 Å². The second-order valence-electron chi connectivity index (χ2n) is 18.4. The number of fused-ring (bicyclic) bond motifs is 2. The molecule has 0 N–H and O–H groups in total. The van der Waals surface area contributed by atoms with Gasteiger partial charge in [-0.05, 0) is 147 Å². The van der Waals surface area contributed by atoms with Crippen LogP contribution in [0.25, 0.3) is 0 Å². The molecule has 20 nitrogen and oxygen atoms in total. The minimum absolute atomic E-state index is 0.0171. The Morgan fingerprint density at radius 1 is 0.449 bits per heavy atom. The van der Waals surface area contributed by atoms with Gasteiger partial charge in [-0.3, -0.25) is 9.80 Å². The van der Waals surface area contributed by atoms with Gasteiger partial charge in [0.25, 0.3) is 0 Å². The molecule has 0 radical (unpaired) electrons. The molecule has 78 heavy (non-hydrogen) atoms. The van der Waals surface area contributed by atoms with Crippen LogP contribution in [0.15, 0.2) is 60.7 Å². The lowest BCUT2D eigenvalue weighted by Crippen LogP contribution is -2.45. The second kappa shape index (κ2) is 30.0. The Labute approximate surface area is 457 Å². The molecule has 0 fully saturated rings. The Bertz CT molecular complexity index is 2450. The van der Waals surface area contributed by atoms with Gasteiger partial charge in [0.15, 0.2) is 46.0 Å². The summed E-state index contributed by atoms with van der Waals surface area (Å²) in [5, 5.41) is 0. The first-order valence-corrected chi connectivity index (χ1v) is 26.2. The predicted molar refractivity (Wildman–Crippen MR) is 286 cm³/mol. The van der Waals surface area contributed by atoms with Crippen molar-refractivity contribution >= 4 is 24.2 Å². The zero-order valence-electron chi connectivity index (χ0n) is 46.6. The maximum Gasteiger partial charge on any atom is 0.509 e. The third-order valence-electron chi connectivity index (χ3n) is 13.8. The first-order chi connectivity index (χ1) is 37.8. The number of carbonyl (C=O) groups excluding carboxylic acids is 4. The molecule has 0 spiro atoms. The highest BCUT2D eigenvalue weighted by Gasteiger charge is 2.37. The average Bonchev–Trinajstić information content (AvgIpc) is 3.55. The summed E-state index contributed by atoms with van der Waals surface area (Å²) in [6.07, 6.45) is -0.138. The van der Waals surface area contributed by atoms with E-state index >= 15 is 0 Å². The van der Waals surface area contributed by atoms with E-state index in [2.05, 4.69) is 9.80 Å². The van der Waals surface area contributed by atoms with E-state index in [9.17, 15) is 19.2 Å². The van der Waals surface area contributed by atoms with Crippen molar-refractivity contribution in [3.05, 3.63) is 94.0 Å². The van der Waals surface area contributed by atoms with Gasteiger partial charge in [-0.1, -0.05) is 12.1 Å². The zero-order chi connectivity index (χ0) is 56.1. The normalized spacial score (nSPS) is 15.7. The van der Waals surface area contributed by atoms with Crippen LogP contribution in [0.2, 0.25) is 0 Å². The minimum Gasteiger partial charge on any atom is -0.493 e. The van der Waals surface area contributed by atoms with E-state index in [1.165, 1.54) is 0 Å². The maximum absolute atomic E-state index is 13.8. The van der Waals surface area contributed by atoms with E-state index in [0.717, 1.165) is 33.4 Å². The van der Waals surface area contributed by atoms with E-state index in [1.807, 2.05) is 60.7 Å². The molecular formula is C58H76N2O18. The molecule has 0 bridgehead atoms. The number of esters is 2. The van der Waals surface area contributed by atoms with Gasteiger partial charge in [0.2, 0.25) is 12.2 Å². The average molecular weight is 1090 g/mol. The van der Waals surface area contributed by atoms with E-state index in [-0.39, 0.29) is 51.6 Å². The van der Waals surface area contributed by atoms with Gasteiger partial charge in [-0.15, -0.1) is 0 Å². The van der Waals surface area contributed by atoms with Gasteiger partial charge in [-0.25, -0.2) is 19.2 Å². The van der Waals surface area contributed by atoms with Crippen LogP contribution in [0.4, 0.5) is 9.59 Å². The minimum atomic E-state index is -1.31. The van der Waals surface area contributed by atoms with Crippen molar-refractivity contribution in [2.24, 2.45) is 0 Å². The smallest absolute Gasteiger partial charge is 0.493 e. The molecule has 0 saturated heterocycles. The lowest BCUT2D eigenvalue weighted by atomic mass is 9.87. The van der Waals surface area contributed by atoms with Crippen molar-refractivity contribution in [1.29, 1.82) is 0 Å². The standard InChI is InChI=1S/C58H76N2O18/c1-11-73-57(63)77-53(35-59-23-21-39-31-49(69-7)51(71-9)33-41(39)43(59)27-37-17-19-45(65-3)47(29-37)67-5)55(61)75-25-15-13-14-16-26-76-56(62)54(78-58(64)74-12-2)36-60-24-22-40-32-50(70-8)52(72-10)34-42(40)44(60)28-38-18-20-46(66-4)48(30-38)68-6/h17-20,29-34,43-44,53-54H,11-16,21-28,35-36H2,1-10H3. The van der Waals surface area contributed by atoms with Crippen molar-refractivity contribution in [2.45, 2.75) is 89.5 Å². The van der Waals surface area contributed by atoms with Crippen LogP contribution >= 0.6 is 0 Å². The summed E-state index contributed by atoms with van der Waals surface area (Å²) in [5.41, 5.74) is 5.94. The van der Waals surface area contributed by atoms with Gasteiger partial charge in [0, 0.05) is 38.3 Å². The van der Waals surface area contributed by atoms with Gasteiger partial charge in [-0.2, -0.15) is 0 Å². The summed E-state index contributed by atoms with van der Waals surface area (Å²) in [7, 11) is 12.7. The fourth-order valence-electron chi connectivity index (χ4n) is 9.91. The van der Waals surface area contributed by atoms with Gasteiger partial charge in [0.05, 0.1) is 83.3 Å². The molecule has 2 aliphatic rings. The first-order valence-electron chi connectivity index (χ1n) is 26.2. The molecule has 0 saturated carbocycles. The highest BCUT2D eigenvalue weighted by molar-refractivity contribution is 5.78. The number of rotatable bonds is 29. The van der Waals surface area contributed by atoms with E-state index in [0.29, 0.717) is 110 Å². The lowest BCUT2D eigenvalue weighted by Gasteiger charge is -2.39. The number of hydrogen-bond donors (Lipinski definition) is 0. The highest BCUT2D eigenvalue weighted by Crippen LogP contribution is 2.43. The fraction of sp³-hybridized carbons (Fsp3) is 0.517. The van der Waals surface area contributed by atoms with Crippen LogP contribution in [0.5, 0.6) is 46.0 Å². The van der Waals surface area contributed by atoms with Crippen LogP contribution in [0.3, 0.4) is 0 Å². The molecule has 2 heterocycles. The van der Waals surface area contributed by atoms with E-state index < -0.39 is 36.5 Å². The predicted octanol–water partition coefficient (Wildman–Crippen LogP) is 8.47. The monoisotopic (exact) mass is 1090 g/mol. The number of methoxy groups -OCH3 is 8. The number of ether oxygens (including phenoxy) is 14. The SMILES string of the molecule is CCOC(=O)OC(CN1CCc2cc(OC)c(OC)cc2C1Cc1ccc(OC)c(OC)c1)C(=O)OCCCCCCOC(=O)C(CN1CCc2cc(OC)c(OC)cc2C1Cc1ccc(OC)c(OC)c1)OC(=O)OCC. The molecule has 2 aliphatic heterocycles. The molecule has 4 aromatic rings. The summed E-state index contributed by atoms with van der Waals surface area (Å²) in [6.45, 7) is 4.59. The summed E-state index contributed by atoms with van der Waals surface area (Å²) < 4.78 is 77.9. The Morgan fingerprint density at radius 2 is 0.795 bits per heavy atom. The topological polar surface area (TPSA) is 204 Å². The molecule has 4 aromatic carbocycles. The van der Waals surface area contributed by atoms with Crippen LogP contribution in [-0.4, -0.2) is 156 Å². The number of carbonyl (C=O) groups is 4. The Balaban J connectivity index is 1.07. The zero-order valence-corrected chi connectivity index (χ0v) is 46.6. The van der Waals surface area contributed by atoms with Crippen molar-refractivity contribution in [3.63, 3.8) is 0 Å². The van der Waals surface area contributed by atoms with Crippen LogP contribution in [0, 0.1) is 0 Å². The molecule has 0 amide bonds. The molecule has 6 rings (SSSR count). The number of unbranched alkanes of at least 4 members (excludes halogenated alkanes) is 3. The third-order valence-corrected chi connectivity index (χ3v) is 13.8. The molecule has 426 valence electrons. The highest BCUT2D eigenvalue weighted by atomic mass is 16.7. The maximum atomic E-state index is 13.8. The fourth-order valence-corrected chi connectivity index (χ4v) is 9.91. The van der Waals surface area contributed by atoms with Crippen molar-refractivity contribution in [1.82, 2.24) is 9.80 Å². The number of nitrogens with zero attached hydrogens (tertiary/aromatic N) is 2. The van der Waals surface area contributed by atoms with Crippen molar-refractivity contribution in [3.8, 4) is 46.0 Å². The summed E-state index contributed by atoms with van der Waals surface area (Å²) in [4.78, 5) is 57.5. The van der Waals surface area contributed by atoms with E-state index in [1.54, 1.807) is 70.7 Å². The molecule has 0 aromatic heterocycles. The summed E-state index contributed by atoms with van der Waals surface area (Å²) in [5.74, 6) is 3.23. The Kier molecular flexibility index (Phi) is 23.0. The molecule has 4 atom stereocenters. The molecular weight excluding hydrogens is 1010 g/mol. The molecule has 20 heteroatoms. The molecule has 4 unspecified atom stereocenters. The Hall–Kier alpha value is -7.32. The van der Waals surface area contributed by atoms with Crippen LogP contribution < -0.4 is 37.9 Å². The van der Waals surface area contributed by atoms with Crippen LogP contribution in [-0.2, 0) is 63.7 Å². The quantitative estimate of drug-likeness (QED) is 0.0284.